The summed E-state index contributed by atoms with van der Waals surface area (Å²) in [5, 5.41) is 11.9. The maximum atomic E-state index is 12.4. The smallest absolute Gasteiger partial charge is 0.300 e. The highest BCUT2D eigenvalue weighted by Gasteiger charge is 2.30. The molecule has 2 aromatic rings. The fourth-order valence-corrected chi connectivity index (χ4v) is 2.87. The molecule has 0 unspecified atom stereocenters. The van der Waals surface area contributed by atoms with E-state index in [4.69, 9.17) is 0 Å². The molecule has 8 heteroatoms. The molecule has 1 aliphatic rings. The summed E-state index contributed by atoms with van der Waals surface area (Å²) in [4.78, 5) is 11.9. The third-order valence-electron chi connectivity index (χ3n) is 3.26. The van der Waals surface area contributed by atoms with Gasteiger partial charge < -0.3 is 5.32 Å². The molecule has 22 heavy (non-hydrogen) atoms. The number of halogens is 3. The van der Waals surface area contributed by atoms with E-state index in [0.717, 1.165) is 30.0 Å². The lowest BCUT2D eigenvalue weighted by molar-refractivity contribution is -0.137. The monoisotopic (exact) mass is 327 g/mol. The number of anilines is 1. The van der Waals surface area contributed by atoms with E-state index in [0.29, 0.717) is 16.6 Å². The molecule has 1 saturated carbocycles. The number of carbonyl (C=O) groups excluding carboxylic acids is 1. The predicted molar refractivity (Wildman–Crippen MR) is 75.7 cm³/mol. The van der Waals surface area contributed by atoms with Crippen molar-refractivity contribution in [2.24, 2.45) is 0 Å². The maximum absolute atomic E-state index is 12.4. The van der Waals surface area contributed by atoms with Crippen LogP contribution in [0.2, 0.25) is 0 Å². The van der Waals surface area contributed by atoms with Crippen LogP contribution in [0.25, 0.3) is 0 Å². The van der Waals surface area contributed by atoms with Crippen molar-refractivity contribution in [2.45, 2.75) is 31.4 Å². The summed E-state index contributed by atoms with van der Waals surface area (Å²) in [5.74, 6) is 0.149. The number of hydrogen-bond acceptors (Lipinski definition) is 4. The van der Waals surface area contributed by atoms with Gasteiger partial charge in [0.1, 0.15) is 5.01 Å². The molecule has 0 saturated heterocycles. The van der Waals surface area contributed by atoms with E-state index in [-0.39, 0.29) is 12.3 Å². The van der Waals surface area contributed by atoms with Gasteiger partial charge in [-0.15, -0.1) is 10.2 Å². The normalized spacial score (nSPS) is 14.9. The Labute approximate surface area is 128 Å². The van der Waals surface area contributed by atoms with Crippen molar-refractivity contribution < 1.29 is 18.0 Å². The van der Waals surface area contributed by atoms with Gasteiger partial charge in [-0.05, 0) is 30.5 Å². The minimum Gasteiger partial charge on any atom is -0.300 e. The molecule has 1 N–H and O–H groups in total. The first-order valence-corrected chi connectivity index (χ1v) is 7.53. The molecule has 1 aromatic carbocycles. The first kappa shape index (κ1) is 15.0. The fraction of sp³-hybridized carbons (Fsp3) is 0.357. The van der Waals surface area contributed by atoms with E-state index in [1.807, 2.05) is 0 Å². The SMILES string of the molecule is O=C(Cc1ccc(C(F)(F)F)cc1)Nc1nnc(C2CC2)s1. The molecule has 0 aliphatic heterocycles. The van der Waals surface area contributed by atoms with E-state index >= 15 is 0 Å². The minimum atomic E-state index is -4.37. The molecule has 1 fully saturated rings. The Bertz CT molecular complexity index is 677. The Kier molecular flexibility index (Phi) is 3.86. The maximum Gasteiger partial charge on any atom is 0.416 e. The van der Waals surface area contributed by atoms with Gasteiger partial charge in [0.25, 0.3) is 0 Å². The van der Waals surface area contributed by atoms with Crippen molar-refractivity contribution in [1.29, 1.82) is 0 Å². The third-order valence-corrected chi connectivity index (χ3v) is 4.26. The van der Waals surface area contributed by atoms with Gasteiger partial charge in [0.2, 0.25) is 11.0 Å². The second kappa shape index (κ2) is 5.68. The Balaban J connectivity index is 1.58. The van der Waals surface area contributed by atoms with Crippen LogP contribution in [0.5, 0.6) is 0 Å². The lowest BCUT2D eigenvalue weighted by Gasteiger charge is -2.07. The Morgan fingerprint density at radius 2 is 1.91 bits per heavy atom. The first-order chi connectivity index (χ1) is 10.4. The second-order valence-corrected chi connectivity index (χ2v) is 6.15. The van der Waals surface area contributed by atoms with Crippen LogP contribution in [-0.4, -0.2) is 16.1 Å². The Hall–Kier alpha value is -1.96. The molecule has 0 bridgehead atoms. The van der Waals surface area contributed by atoms with Crippen LogP contribution in [0, 0.1) is 0 Å². The number of alkyl halides is 3. The van der Waals surface area contributed by atoms with Gasteiger partial charge in [0.15, 0.2) is 0 Å². The number of aromatic nitrogens is 2. The zero-order chi connectivity index (χ0) is 15.7. The van der Waals surface area contributed by atoms with Crippen molar-refractivity contribution >= 4 is 22.4 Å². The van der Waals surface area contributed by atoms with E-state index < -0.39 is 11.7 Å². The summed E-state index contributed by atoms with van der Waals surface area (Å²) in [6.45, 7) is 0. The van der Waals surface area contributed by atoms with Gasteiger partial charge in [-0.1, -0.05) is 23.5 Å². The summed E-state index contributed by atoms with van der Waals surface area (Å²) >= 11 is 1.35. The van der Waals surface area contributed by atoms with Crippen LogP contribution in [-0.2, 0) is 17.4 Å². The van der Waals surface area contributed by atoms with Crippen molar-refractivity contribution in [2.75, 3.05) is 5.32 Å². The molecular formula is C14H12F3N3OS. The summed E-state index contributed by atoms with van der Waals surface area (Å²) in [5.41, 5.74) is -0.215. The van der Waals surface area contributed by atoms with Gasteiger partial charge in [-0.25, -0.2) is 0 Å². The molecule has 1 heterocycles. The molecule has 1 aromatic heterocycles. The molecule has 116 valence electrons. The van der Waals surface area contributed by atoms with Crippen molar-refractivity contribution in [1.82, 2.24) is 10.2 Å². The van der Waals surface area contributed by atoms with Crippen molar-refractivity contribution in [3.63, 3.8) is 0 Å². The zero-order valence-corrected chi connectivity index (χ0v) is 12.2. The number of nitrogens with zero attached hydrogens (tertiary/aromatic N) is 2. The second-order valence-electron chi connectivity index (χ2n) is 5.14. The number of amides is 1. The Morgan fingerprint density at radius 1 is 1.23 bits per heavy atom. The fourth-order valence-electron chi connectivity index (χ4n) is 1.94. The molecule has 1 amide bonds. The van der Waals surface area contributed by atoms with E-state index in [9.17, 15) is 18.0 Å². The molecule has 3 rings (SSSR count). The summed E-state index contributed by atoms with van der Waals surface area (Å²) < 4.78 is 37.3. The molecular weight excluding hydrogens is 315 g/mol. The highest BCUT2D eigenvalue weighted by Crippen LogP contribution is 2.42. The van der Waals surface area contributed by atoms with Crippen LogP contribution in [0.15, 0.2) is 24.3 Å². The van der Waals surface area contributed by atoms with Crippen molar-refractivity contribution in [3.8, 4) is 0 Å². The average molecular weight is 327 g/mol. The third kappa shape index (κ3) is 3.62. The first-order valence-electron chi connectivity index (χ1n) is 6.71. The van der Waals surface area contributed by atoms with Crippen LogP contribution < -0.4 is 5.32 Å². The number of benzene rings is 1. The molecule has 0 spiro atoms. The van der Waals surface area contributed by atoms with E-state index in [1.54, 1.807) is 0 Å². The molecule has 4 nitrogen and oxygen atoms in total. The molecule has 0 atom stereocenters. The average Bonchev–Trinajstić information content (AvgIpc) is 3.19. The van der Waals surface area contributed by atoms with Gasteiger partial charge in [-0.3, -0.25) is 4.79 Å². The number of hydrogen-bond donors (Lipinski definition) is 1. The topological polar surface area (TPSA) is 54.9 Å². The summed E-state index contributed by atoms with van der Waals surface area (Å²) in [6.07, 6.45) is -2.16. The standard InChI is InChI=1S/C14H12F3N3OS/c15-14(16,17)10-5-1-8(2-6-10)7-11(21)18-13-20-19-12(22-13)9-3-4-9/h1-2,5-6,9H,3-4,7H2,(H,18,20,21). The zero-order valence-electron chi connectivity index (χ0n) is 11.4. The number of rotatable bonds is 4. The van der Waals surface area contributed by atoms with Crippen LogP contribution in [0.4, 0.5) is 18.3 Å². The van der Waals surface area contributed by atoms with E-state index in [2.05, 4.69) is 15.5 Å². The molecule has 0 radical (unpaired) electrons. The summed E-state index contributed by atoms with van der Waals surface area (Å²) in [6, 6.07) is 4.55. The highest BCUT2D eigenvalue weighted by atomic mass is 32.1. The van der Waals surface area contributed by atoms with Gasteiger partial charge in [-0.2, -0.15) is 13.2 Å². The largest absolute Gasteiger partial charge is 0.416 e. The molecule has 1 aliphatic carbocycles. The van der Waals surface area contributed by atoms with Gasteiger partial charge in [0, 0.05) is 5.92 Å². The lowest BCUT2D eigenvalue weighted by Crippen LogP contribution is -2.14. The lowest BCUT2D eigenvalue weighted by atomic mass is 10.1. The van der Waals surface area contributed by atoms with Gasteiger partial charge in [0.05, 0.1) is 12.0 Å². The predicted octanol–water partition coefficient (Wildman–Crippen LogP) is 3.62. The van der Waals surface area contributed by atoms with Crippen LogP contribution >= 0.6 is 11.3 Å². The summed E-state index contributed by atoms with van der Waals surface area (Å²) in [7, 11) is 0. The quantitative estimate of drug-likeness (QED) is 0.933. The number of carbonyl (C=O) groups is 1. The number of nitrogens with one attached hydrogen (secondary N) is 1. The highest BCUT2D eigenvalue weighted by molar-refractivity contribution is 7.15. The Morgan fingerprint density at radius 3 is 2.50 bits per heavy atom. The van der Waals surface area contributed by atoms with E-state index in [1.165, 1.54) is 23.5 Å². The van der Waals surface area contributed by atoms with Gasteiger partial charge >= 0.3 is 6.18 Å². The minimum absolute atomic E-state index is 0.00349. The van der Waals surface area contributed by atoms with Crippen molar-refractivity contribution in [3.05, 3.63) is 40.4 Å². The van der Waals surface area contributed by atoms with Crippen LogP contribution in [0.1, 0.15) is 34.9 Å². The van der Waals surface area contributed by atoms with Crippen LogP contribution in [0.3, 0.4) is 0 Å².